The highest BCUT2D eigenvalue weighted by molar-refractivity contribution is 6.04. The van der Waals surface area contributed by atoms with Crippen LogP contribution in [0.25, 0.3) is 0 Å². The molecule has 0 atom stereocenters. The third kappa shape index (κ3) is 5.68. The van der Waals surface area contributed by atoms with Crippen LogP contribution in [0, 0.1) is 0 Å². The first-order chi connectivity index (χ1) is 14.4. The molecule has 0 saturated carbocycles. The fourth-order valence-corrected chi connectivity index (χ4v) is 2.76. The molecule has 3 aromatic rings. The Kier molecular flexibility index (Phi) is 6.44. The van der Waals surface area contributed by atoms with Crippen molar-refractivity contribution in [2.24, 2.45) is 0 Å². The van der Waals surface area contributed by atoms with Crippen molar-refractivity contribution in [3.05, 3.63) is 89.5 Å². The molecule has 0 saturated heterocycles. The molecule has 3 rings (SSSR count). The van der Waals surface area contributed by atoms with E-state index in [1.54, 1.807) is 48.5 Å². The van der Waals surface area contributed by atoms with Crippen molar-refractivity contribution in [3.63, 3.8) is 0 Å². The smallest absolute Gasteiger partial charge is 0.308 e. The Hall–Kier alpha value is -4.13. The Labute approximate surface area is 173 Å². The molecule has 0 fully saturated rings. The zero-order chi connectivity index (χ0) is 21.5. The van der Waals surface area contributed by atoms with E-state index in [-0.39, 0.29) is 24.1 Å². The molecule has 3 aromatic carbocycles. The Morgan fingerprint density at radius 1 is 0.867 bits per heavy atom. The predicted octanol–water partition coefficient (Wildman–Crippen LogP) is 3.50. The van der Waals surface area contributed by atoms with Crippen LogP contribution in [0.15, 0.2) is 72.8 Å². The van der Waals surface area contributed by atoms with Crippen molar-refractivity contribution >= 4 is 23.5 Å². The number of hydrogen-bond acceptors (Lipinski definition) is 5. The number of carbonyl (C=O) groups is 3. The van der Waals surface area contributed by atoms with E-state index in [0.29, 0.717) is 22.6 Å². The molecule has 0 spiro atoms. The van der Waals surface area contributed by atoms with E-state index in [1.165, 1.54) is 25.1 Å². The predicted molar refractivity (Wildman–Crippen MR) is 111 cm³/mol. The van der Waals surface area contributed by atoms with Crippen LogP contribution >= 0.6 is 0 Å². The van der Waals surface area contributed by atoms with Crippen molar-refractivity contribution in [3.8, 4) is 11.5 Å². The number of phenolic OH excluding ortho intramolecular Hbond substituents is 1. The maximum absolute atomic E-state index is 12.5. The zero-order valence-electron chi connectivity index (χ0n) is 16.2. The molecule has 0 heterocycles. The monoisotopic (exact) mass is 404 g/mol. The minimum atomic E-state index is -0.465. The first-order valence-electron chi connectivity index (χ1n) is 9.17. The van der Waals surface area contributed by atoms with Gasteiger partial charge in [0, 0.05) is 30.3 Å². The number of aromatic hydroxyl groups is 1. The number of esters is 1. The van der Waals surface area contributed by atoms with Crippen LogP contribution in [-0.2, 0) is 11.3 Å². The maximum atomic E-state index is 12.5. The Morgan fingerprint density at radius 3 is 2.30 bits per heavy atom. The molecule has 0 aliphatic carbocycles. The van der Waals surface area contributed by atoms with Crippen molar-refractivity contribution in [1.29, 1.82) is 0 Å². The summed E-state index contributed by atoms with van der Waals surface area (Å²) in [7, 11) is 0. The summed E-state index contributed by atoms with van der Waals surface area (Å²) in [6.45, 7) is 1.54. The normalized spacial score (nSPS) is 10.2. The van der Waals surface area contributed by atoms with Gasteiger partial charge in [-0.3, -0.25) is 14.4 Å². The highest BCUT2D eigenvalue weighted by Crippen LogP contribution is 2.17. The van der Waals surface area contributed by atoms with Crippen molar-refractivity contribution < 1.29 is 24.2 Å². The summed E-state index contributed by atoms with van der Waals surface area (Å²) in [5, 5.41) is 15.0. The van der Waals surface area contributed by atoms with Gasteiger partial charge in [-0.25, -0.2) is 0 Å². The van der Waals surface area contributed by atoms with Crippen molar-refractivity contribution in [2.45, 2.75) is 13.5 Å². The molecule has 7 nitrogen and oxygen atoms in total. The first-order valence-corrected chi connectivity index (χ1v) is 9.17. The van der Waals surface area contributed by atoms with Crippen LogP contribution in [0.2, 0.25) is 0 Å². The number of phenols is 1. The standard InChI is InChI=1S/C23H20N2O5/c1-15(26)30-21-10-4-7-18(13-21)23(29)25-19-8-2-5-16(11-19)14-24-22(28)17-6-3-9-20(27)12-17/h2-13,27H,14H2,1H3,(H,24,28)(H,25,29). The van der Waals surface area contributed by atoms with Crippen molar-refractivity contribution in [1.82, 2.24) is 5.32 Å². The molecule has 7 heteroatoms. The summed E-state index contributed by atoms with van der Waals surface area (Å²) in [5.74, 6) is -0.829. The van der Waals surface area contributed by atoms with Crippen LogP contribution < -0.4 is 15.4 Å². The molecule has 0 aliphatic rings. The molecule has 0 bridgehead atoms. The SMILES string of the molecule is CC(=O)Oc1cccc(C(=O)Nc2cccc(CNC(=O)c3cccc(O)c3)c2)c1. The van der Waals surface area contributed by atoms with Gasteiger partial charge in [-0.1, -0.05) is 24.3 Å². The molecule has 152 valence electrons. The summed E-state index contributed by atoms with van der Waals surface area (Å²) in [5.41, 5.74) is 2.04. The van der Waals surface area contributed by atoms with E-state index in [1.807, 2.05) is 6.07 Å². The summed E-state index contributed by atoms with van der Waals surface area (Å²) in [4.78, 5) is 35.8. The quantitative estimate of drug-likeness (QED) is 0.431. The minimum absolute atomic E-state index is 0.0186. The number of nitrogens with one attached hydrogen (secondary N) is 2. The number of amides is 2. The third-order valence-electron chi connectivity index (χ3n) is 4.10. The van der Waals surface area contributed by atoms with Gasteiger partial charge in [-0.15, -0.1) is 0 Å². The highest BCUT2D eigenvalue weighted by atomic mass is 16.5. The summed E-state index contributed by atoms with van der Waals surface area (Å²) in [6.07, 6.45) is 0. The molecule has 0 radical (unpaired) electrons. The molecule has 2 amide bonds. The van der Waals surface area contributed by atoms with Gasteiger partial charge in [-0.05, 0) is 54.1 Å². The van der Waals surface area contributed by atoms with Gasteiger partial charge < -0.3 is 20.5 Å². The molecular formula is C23H20N2O5. The number of rotatable bonds is 6. The van der Waals surface area contributed by atoms with Gasteiger partial charge in [0.2, 0.25) is 0 Å². The molecule has 0 aliphatic heterocycles. The number of hydrogen-bond donors (Lipinski definition) is 3. The van der Waals surface area contributed by atoms with E-state index in [0.717, 1.165) is 5.56 Å². The van der Waals surface area contributed by atoms with Gasteiger partial charge in [-0.2, -0.15) is 0 Å². The maximum Gasteiger partial charge on any atom is 0.308 e. The molecule has 0 unspecified atom stereocenters. The molecule has 0 aromatic heterocycles. The number of anilines is 1. The fourth-order valence-electron chi connectivity index (χ4n) is 2.76. The Balaban J connectivity index is 1.63. The fraction of sp³-hybridized carbons (Fsp3) is 0.0870. The number of carbonyl (C=O) groups excluding carboxylic acids is 3. The van der Waals surface area contributed by atoms with Crippen LogP contribution in [0.3, 0.4) is 0 Å². The first kappa shape index (κ1) is 20.6. The molecule has 3 N–H and O–H groups in total. The van der Waals surface area contributed by atoms with E-state index in [9.17, 15) is 19.5 Å². The van der Waals surface area contributed by atoms with Crippen molar-refractivity contribution in [2.75, 3.05) is 5.32 Å². The van der Waals surface area contributed by atoms with Gasteiger partial charge in [0.05, 0.1) is 0 Å². The lowest BCUT2D eigenvalue weighted by Gasteiger charge is -2.10. The van der Waals surface area contributed by atoms with Gasteiger partial charge in [0.25, 0.3) is 11.8 Å². The molecular weight excluding hydrogens is 384 g/mol. The topological polar surface area (TPSA) is 105 Å². The highest BCUT2D eigenvalue weighted by Gasteiger charge is 2.10. The third-order valence-corrected chi connectivity index (χ3v) is 4.10. The number of benzene rings is 3. The van der Waals surface area contributed by atoms with Gasteiger partial charge in [0.15, 0.2) is 0 Å². The second kappa shape index (κ2) is 9.38. The van der Waals surface area contributed by atoms with E-state index in [2.05, 4.69) is 10.6 Å². The second-order valence-electron chi connectivity index (χ2n) is 6.51. The summed E-state index contributed by atoms with van der Waals surface area (Å²) in [6, 6.07) is 19.4. The molecule has 30 heavy (non-hydrogen) atoms. The van der Waals surface area contributed by atoms with E-state index < -0.39 is 5.97 Å². The van der Waals surface area contributed by atoms with Crippen LogP contribution in [0.1, 0.15) is 33.2 Å². The van der Waals surface area contributed by atoms with E-state index in [4.69, 9.17) is 4.74 Å². The Morgan fingerprint density at radius 2 is 1.57 bits per heavy atom. The lowest BCUT2D eigenvalue weighted by Crippen LogP contribution is -2.22. The minimum Gasteiger partial charge on any atom is -0.508 e. The second-order valence-corrected chi connectivity index (χ2v) is 6.51. The van der Waals surface area contributed by atoms with Crippen LogP contribution in [-0.4, -0.2) is 22.9 Å². The largest absolute Gasteiger partial charge is 0.508 e. The Bertz CT molecular complexity index is 1090. The lowest BCUT2D eigenvalue weighted by atomic mass is 10.1. The van der Waals surface area contributed by atoms with Crippen LogP contribution in [0.4, 0.5) is 5.69 Å². The average Bonchev–Trinajstić information content (AvgIpc) is 2.72. The lowest BCUT2D eigenvalue weighted by molar-refractivity contribution is -0.131. The zero-order valence-corrected chi connectivity index (χ0v) is 16.2. The van der Waals surface area contributed by atoms with Crippen LogP contribution in [0.5, 0.6) is 11.5 Å². The summed E-state index contributed by atoms with van der Waals surface area (Å²) < 4.78 is 5.00. The number of ether oxygens (including phenoxy) is 1. The van der Waals surface area contributed by atoms with Gasteiger partial charge in [0.1, 0.15) is 11.5 Å². The van der Waals surface area contributed by atoms with E-state index >= 15 is 0 Å². The van der Waals surface area contributed by atoms with Gasteiger partial charge >= 0.3 is 5.97 Å². The summed E-state index contributed by atoms with van der Waals surface area (Å²) >= 11 is 0. The average molecular weight is 404 g/mol.